The third-order valence-electron chi connectivity index (χ3n) is 3.93. The molecule has 0 bridgehead atoms. The lowest BCUT2D eigenvalue weighted by Gasteiger charge is -2.11. The topological polar surface area (TPSA) is 86.6 Å². The number of anilines is 1. The van der Waals surface area contributed by atoms with Crippen molar-refractivity contribution in [2.75, 3.05) is 18.5 Å². The molecule has 2 rings (SSSR count). The molecule has 1 heterocycles. The minimum Gasteiger partial charge on any atom is -0.462 e. The second-order valence-electron chi connectivity index (χ2n) is 5.92. The predicted molar refractivity (Wildman–Crippen MR) is 101 cm³/mol. The molecule has 28 heavy (non-hydrogen) atoms. The van der Waals surface area contributed by atoms with Crippen molar-refractivity contribution in [3.8, 4) is 0 Å². The van der Waals surface area contributed by atoms with Crippen molar-refractivity contribution in [2.24, 2.45) is 0 Å². The maximum atomic E-state index is 13.0. The highest BCUT2D eigenvalue weighted by atomic mass is 35.5. The highest BCUT2D eigenvalue weighted by molar-refractivity contribution is 6.33. The van der Waals surface area contributed by atoms with Gasteiger partial charge in [0.05, 0.1) is 22.9 Å². The van der Waals surface area contributed by atoms with Crippen LogP contribution in [0.5, 0.6) is 0 Å². The molecular formula is C19H20ClFN2O5. The molecule has 1 N–H and O–H groups in total. The molecular weight excluding hydrogens is 391 g/mol. The van der Waals surface area contributed by atoms with Crippen LogP contribution in [0.1, 0.15) is 28.7 Å². The van der Waals surface area contributed by atoms with Gasteiger partial charge in [0.1, 0.15) is 12.4 Å². The molecule has 0 saturated carbocycles. The van der Waals surface area contributed by atoms with Crippen LogP contribution >= 0.6 is 11.6 Å². The summed E-state index contributed by atoms with van der Waals surface area (Å²) >= 11 is 5.83. The third-order valence-corrected chi connectivity index (χ3v) is 4.24. The molecule has 0 fully saturated rings. The first-order valence-electron chi connectivity index (χ1n) is 8.47. The zero-order valence-electron chi connectivity index (χ0n) is 15.7. The summed E-state index contributed by atoms with van der Waals surface area (Å²) < 4.78 is 24.6. The molecule has 2 aromatic rings. The Morgan fingerprint density at radius 1 is 1.18 bits per heavy atom. The second-order valence-corrected chi connectivity index (χ2v) is 6.33. The number of ether oxygens (including phenoxy) is 2. The van der Waals surface area contributed by atoms with Gasteiger partial charge >= 0.3 is 11.9 Å². The number of halogens is 2. The molecule has 0 spiro atoms. The Kier molecular flexibility index (Phi) is 7.17. The van der Waals surface area contributed by atoms with Crippen LogP contribution in [0.3, 0.4) is 0 Å². The lowest BCUT2D eigenvalue weighted by atomic mass is 10.2. The monoisotopic (exact) mass is 410 g/mol. The summed E-state index contributed by atoms with van der Waals surface area (Å²) in [6, 6.07) is 5.14. The first-order chi connectivity index (χ1) is 13.2. The van der Waals surface area contributed by atoms with Gasteiger partial charge in [-0.05, 0) is 45.0 Å². The van der Waals surface area contributed by atoms with Gasteiger partial charge in [0.25, 0.3) is 5.91 Å². The van der Waals surface area contributed by atoms with Gasteiger partial charge in [0, 0.05) is 11.4 Å². The Balaban J connectivity index is 1.93. The van der Waals surface area contributed by atoms with Gasteiger partial charge in [-0.3, -0.25) is 9.59 Å². The molecule has 0 atom stereocenters. The lowest BCUT2D eigenvalue weighted by Crippen LogP contribution is -2.23. The number of carbonyl (C=O) groups excluding carboxylic acids is 3. The smallest absolute Gasteiger partial charge is 0.339 e. The largest absolute Gasteiger partial charge is 0.462 e. The van der Waals surface area contributed by atoms with Gasteiger partial charge < -0.3 is 19.4 Å². The van der Waals surface area contributed by atoms with Crippen LogP contribution in [0, 0.1) is 19.7 Å². The number of hydrogen-bond acceptors (Lipinski definition) is 5. The highest BCUT2D eigenvalue weighted by Gasteiger charge is 2.19. The van der Waals surface area contributed by atoms with E-state index in [9.17, 15) is 18.8 Å². The fraction of sp³-hybridized carbons (Fsp3) is 0.316. The van der Waals surface area contributed by atoms with Crippen LogP contribution in [-0.2, 0) is 25.6 Å². The van der Waals surface area contributed by atoms with Crippen molar-refractivity contribution < 1.29 is 28.2 Å². The Morgan fingerprint density at radius 3 is 2.54 bits per heavy atom. The molecule has 1 aromatic carbocycles. The number of esters is 2. The molecule has 0 aliphatic heterocycles. The van der Waals surface area contributed by atoms with Crippen LogP contribution in [0.25, 0.3) is 0 Å². The van der Waals surface area contributed by atoms with E-state index in [4.69, 9.17) is 21.1 Å². The molecule has 150 valence electrons. The van der Waals surface area contributed by atoms with E-state index in [2.05, 4.69) is 5.32 Å². The summed E-state index contributed by atoms with van der Waals surface area (Å²) in [6.45, 7) is 4.69. The first-order valence-corrected chi connectivity index (χ1v) is 8.85. The zero-order valence-corrected chi connectivity index (χ0v) is 16.4. The molecule has 1 aromatic heterocycles. The number of hydrogen-bond donors (Lipinski definition) is 1. The summed E-state index contributed by atoms with van der Waals surface area (Å²) in [7, 11) is 0. The van der Waals surface area contributed by atoms with Crippen LogP contribution in [0.2, 0.25) is 5.02 Å². The number of aromatic nitrogens is 1. The Hall–Kier alpha value is -2.87. The fourth-order valence-electron chi connectivity index (χ4n) is 2.56. The van der Waals surface area contributed by atoms with Gasteiger partial charge in [0.2, 0.25) is 0 Å². The number of benzene rings is 1. The van der Waals surface area contributed by atoms with Crippen molar-refractivity contribution in [1.82, 2.24) is 4.57 Å². The SMILES string of the molecule is CCOC(=O)c1cc(C)n(CC(=O)OCC(=O)Nc2ccc(F)cc2Cl)c1C. The minimum absolute atomic E-state index is 0.0322. The van der Waals surface area contributed by atoms with Gasteiger partial charge in [-0.2, -0.15) is 0 Å². The lowest BCUT2D eigenvalue weighted by molar-refractivity contribution is -0.147. The van der Waals surface area contributed by atoms with E-state index in [1.54, 1.807) is 31.4 Å². The number of carbonyl (C=O) groups is 3. The molecule has 0 radical (unpaired) electrons. The fourth-order valence-corrected chi connectivity index (χ4v) is 2.77. The van der Waals surface area contributed by atoms with Gasteiger partial charge in [-0.1, -0.05) is 11.6 Å². The average Bonchev–Trinajstić information content (AvgIpc) is 2.91. The third kappa shape index (κ3) is 5.32. The Labute approximate surface area is 166 Å². The summed E-state index contributed by atoms with van der Waals surface area (Å²) in [5.74, 6) is -2.27. The maximum absolute atomic E-state index is 13.0. The quantitative estimate of drug-likeness (QED) is 0.708. The Bertz CT molecular complexity index is 910. The van der Waals surface area contributed by atoms with Gasteiger partial charge in [0.15, 0.2) is 6.61 Å². The van der Waals surface area contributed by atoms with Crippen molar-refractivity contribution in [2.45, 2.75) is 27.3 Å². The highest BCUT2D eigenvalue weighted by Crippen LogP contribution is 2.22. The number of nitrogens with one attached hydrogen (secondary N) is 1. The van der Waals surface area contributed by atoms with Crippen molar-refractivity contribution in [1.29, 1.82) is 0 Å². The van der Waals surface area contributed by atoms with E-state index in [0.29, 0.717) is 17.0 Å². The van der Waals surface area contributed by atoms with Crippen molar-refractivity contribution in [3.05, 3.63) is 52.1 Å². The van der Waals surface area contributed by atoms with E-state index < -0.39 is 30.3 Å². The summed E-state index contributed by atoms with van der Waals surface area (Å²) in [4.78, 5) is 35.9. The molecule has 1 amide bonds. The average molecular weight is 411 g/mol. The Morgan fingerprint density at radius 2 is 1.89 bits per heavy atom. The first kappa shape index (κ1) is 21.4. The van der Waals surface area contributed by atoms with Crippen molar-refractivity contribution >= 4 is 35.1 Å². The summed E-state index contributed by atoms with van der Waals surface area (Å²) in [5, 5.41) is 2.46. The van der Waals surface area contributed by atoms with Crippen LogP contribution in [-0.4, -0.2) is 35.6 Å². The van der Waals surface area contributed by atoms with Crippen LogP contribution in [0.15, 0.2) is 24.3 Å². The maximum Gasteiger partial charge on any atom is 0.339 e. The van der Waals surface area contributed by atoms with Crippen molar-refractivity contribution in [3.63, 3.8) is 0 Å². The number of aryl methyl sites for hydroxylation is 1. The molecule has 0 saturated heterocycles. The summed E-state index contributed by atoms with van der Waals surface area (Å²) in [5.41, 5.74) is 1.83. The van der Waals surface area contributed by atoms with Crippen LogP contribution in [0.4, 0.5) is 10.1 Å². The number of amides is 1. The predicted octanol–water partition coefficient (Wildman–Crippen LogP) is 3.26. The molecule has 0 aliphatic carbocycles. The normalized spacial score (nSPS) is 10.5. The molecule has 7 nitrogen and oxygen atoms in total. The standard InChI is InChI=1S/C19H20ClFN2O5/c1-4-27-19(26)14-7-11(2)23(12(14)3)9-18(25)28-10-17(24)22-16-6-5-13(21)8-15(16)20/h5-8H,4,9-10H2,1-3H3,(H,22,24). The number of nitrogens with zero attached hydrogens (tertiary/aromatic N) is 1. The van der Waals surface area contributed by atoms with E-state index in [1.165, 1.54) is 6.07 Å². The van der Waals surface area contributed by atoms with E-state index in [1.807, 2.05) is 0 Å². The van der Waals surface area contributed by atoms with Crippen LogP contribution < -0.4 is 5.32 Å². The summed E-state index contributed by atoms with van der Waals surface area (Å²) in [6.07, 6.45) is 0. The second kappa shape index (κ2) is 9.36. The van der Waals surface area contributed by atoms with E-state index in [-0.39, 0.29) is 23.9 Å². The zero-order chi connectivity index (χ0) is 20.8. The van der Waals surface area contributed by atoms with E-state index in [0.717, 1.165) is 12.1 Å². The van der Waals surface area contributed by atoms with E-state index >= 15 is 0 Å². The molecule has 0 aliphatic rings. The van der Waals surface area contributed by atoms with Gasteiger partial charge in [-0.15, -0.1) is 0 Å². The minimum atomic E-state index is -0.655. The molecule has 9 heteroatoms. The number of rotatable bonds is 7. The molecule has 0 unspecified atom stereocenters. The van der Waals surface area contributed by atoms with Gasteiger partial charge in [-0.25, -0.2) is 9.18 Å².